The number of aromatic amines is 1. The van der Waals surface area contributed by atoms with Crippen LogP contribution in [0, 0.1) is 5.92 Å². The summed E-state index contributed by atoms with van der Waals surface area (Å²) < 4.78 is 0. The van der Waals surface area contributed by atoms with Crippen LogP contribution in [0.5, 0.6) is 0 Å². The molecule has 6 heteroatoms. The van der Waals surface area contributed by atoms with Gasteiger partial charge in [0.15, 0.2) is 10.8 Å². The Balaban J connectivity index is 1.93. The third kappa shape index (κ3) is 2.86. The number of H-pyrrole nitrogens is 1. The van der Waals surface area contributed by atoms with Gasteiger partial charge >= 0.3 is 0 Å². The fourth-order valence-electron chi connectivity index (χ4n) is 1.29. The monoisotopic (exact) mass is 237 g/mol. The number of nitrogens with zero attached hydrogens (tertiary/aromatic N) is 3. The Morgan fingerprint density at radius 2 is 2.38 bits per heavy atom. The maximum absolute atomic E-state index is 4.47. The van der Waals surface area contributed by atoms with Crippen LogP contribution in [0.4, 0.5) is 0 Å². The molecule has 0 aliphatic carbocycles. The largest absolute Gasteiger partial charge is 0.311 e. The van der Waals surface area contributed by atoms with Crippen LogP contribution in [0.2, 0.25) is 0 Å². The molecule has 2 aromatic heterocycles. The summed E-state index contributed by atoms with van der Waals surface area (Å²) in [5.41, 5.74) is 1.05. The highest BCUT2D eigenvalue weighted by Gasteiger charge is 2.06. The summed E-state index contributed by atoms with van der Waals surface area (Å²) in [7, 11) is 0. The van der Waals surface area contributed by atoms with Crippen molar-refractivity contribution >= 4 is 11.3 Å². The third-order valence-corrected chi connectivity index (χ3v) is 2.93. The molecule has 2 aromatic rings. The Morgan fingerprint density at radius 3 is 3.06 bits per heavy atom. The average Bonchev–Trinajstić information content (AvgIpc) is 2.85. The number of nitrogens with one attached hydrogen (secondary N) is 2. The van der Waals surface area contributed by atoms with E-state index in [1.807, 2.05) is 5.38 Å². The van der Waals surface area contributed by atoms with Crippen molar-refractivity contribution in [1.82, 2.24) is 25.5 Å². The van der Waals surface area contributed by atoms with E-state index in [0.29, 0.717) is 5.92 Å². The van der Waals surface area contributed by atoms with Gasteiger partial charge in [-0.2, -0.15) is 5.10 Å². The summed E-state index contributed by atoms with van der Waals surface area (Å²) in [5.74, 6) is 1.40. The van der Waals surface area contributed by atoms with Crippen molar-refractivity contribution in [3.05, 3.63) is 17.4 Å². The molecule has 86 valence electrons. The Morgan fingerprint density at radius 1 is 1.50 bits per heavy atom. The summed E-state index contributed by atoms with van der Waals surface area (Å²) in [6.45, 7) is 6.19. The van der Waals surface area contributed by atoms with Gasteiger partial charge in [-0.15, -0.1) is 11.3 Å². The lowest BCUT2D eigenvalue weighted by Gasteiger charge is -2.04. The van der Waals surface area contributed by atoms with Gasteiger partial charge in [0, 0.05) is 11.9 Å². The quantitative estimate of drug-likeness (QED) is 0.830. The van der Waals surface area contributed by atoms with Crippen LogP contribution >= 0.6 is 11.3 Å². The normalized spacial score (nSPS) is 11.2. The minimum Gasteiger partial charge on any atom is -0.311 e. The highest BCUT2D eigenvalue weighted by molar-refractivity contribution is 7.13. The number of rotatable bonds is 5. The molecule has 0 aliphatic heterocycles. The van der Waals surface area contributed by atoms with Gasteiger partial charge in [-0.1, -0.05) is 13.8 Å². The van der Waals surface area contributed by atoms with Crippen LogP contribution < -0.4 is 5.32 Å². The van der Waals surface area contributed by atoms with Crippen LogP contribution in [-0.2, 0) is 6.54 Å². The smallest absolute Gasteiger partial charge is 0.184 e. The number of aromatic nitrogens is 4. The number of hydrogen-bond acceptors (Lipinski definition) is 5. The Labute approximate surface area is 98.3 Å². The van der Waals surface area contributed by atoms with E-state index < -0.39 is 0 Å². The van der Waals surface area contributed by atoms with Crippen LogP contribution in [0.15, 0.2) is 11.7 Å². The topological polar surface area (TPSA) is 66.5 Å². The molecule has 2 heterocycles. The van der Waals surface area contributed by atoms with Gasteiger partial charge in [-0.3, -0.25) is 5.10 Å². The van der Waals surface area contributed by atoms with Gasteiger partial charge in [0.05, 0.1) is 5.69 Å². The first-order valence-electron chi connectivity index (χ1n) is 5.26. The summed E-state index contributed by atoms with van der Waals surface area (Å²) in [6, 6.07) is 0. The molecule has 0 spiro atoms. The zero-order valence-corrected chi connectivity index (χ0v) is 10.2. The summed E-state index contributed by atoms with van der Waals surface area (Å²) >= 11 is 1.58. The molecule has 0 aromatic carbocycles. The molecular formula is C10H15N5S. The van der Waals surface area contributed by atoms with Crippen LogP contribution in [0.3, 0.4) is 0 Å². The summed E-state index contributed by atoms with van der Waals surface area (Å²) in [4.78, 5) is 8.54. The second-order valence-electron chi connectivity index (χ2n) is 4.00. The first-order valence-corrected chi connectivity index (χ1v) is 6.14. The zero-order chi connectivity index (χ0) is 11.4. The van der Waals surface area contributed by atoms with Crippen molar-refractivity contribution in [3.8, 4) is 10.8 Å². The van der Waals surface area contributed by atoms with Crippen molar-refractivity contribution in [1.29, 1.82) is 0 Å². The second kappa shape index (κ2) is 5.18. The maximum atomic E-state index is 4.47. The van der Waals surface area contributed by atoms with E-state index in [9.17, 15) is 0 Å². The first-order chi connectivity index (χ1) is 7.75. The molecule has 0 saturated heterocycles. The number of hydrogen-bond donors (Lipinski definition) is 2. The lowest BCUT2D eigenvalue weighted by atomic mass is 10.2. The van der Waals surface area contributed by atoms with Gasteiger partial charge in [0.2, 0.25) is 0 Å². The highest BCUT2D eigenvalue weighted by atomic mass is 32.1. The van der Waals surface area contributed by atoms with Crippen molar-refractivity contribution in [2.45, 2.75) is 20.4 Å². The van der Waals surface area contributed by atoms with Crippen molar-refractivity contribution < 1.29 is 0 Å². The lowest BCUT2D eigenvalue weighted by molar-refractivity contribution is 0.549. The van der Waals surface area contributed by atoms with E-state index in [2.05, 4.69) is 39.3 Å². The summed E-state index contributed by atoms with van der Waals surface area (Å²) in [5, 5.41) is 12.9. The molecular weight excluding hydrogens is 222 g/mol. The molecule has 0 saturated carbocycles. The predicted molar refractivity (Wildman–Crippen MR) is 64.0 cm³/mol. The van der Waals surface area contributed by atoms with Crippen molar-refractivity contribution in [3.63, 3.8) is 0 Å². The first kappa shape index (κ1) is 11.2. The minimum absolute atomic E-state index is 0.660. The van der Waals surface area contributed by atoms with E-state index in [1.165, 1.54) is 6.33 Å². The van der Waals surface area contributed by atoms with E-state index >= 15 is 0 Å². The number of thiazole rings is 1. The minimum atomic E-state index is 0.660. The van der Waals surface area contributed by atoms with E-state index in [0.717, 1.165) is 29.6 Å². The second-order valence-corrected chi connectivity index (χ2v) is 4.86. The molecule has 2 N–H and O–H groups in total. The molecule has 0 radical (unpaired) electrons. The van der Waals surface area contributed by atoms with Crippen molar-refractivity contribution in [2.75, 3.05) is 6.54 Å². The standard InChI is InChI=1S/C10H15N5S/c1-7(2)3-11-4-8-5-16-10(14-8)9-12-6-13-15-9/h5-7,11H,3-4H2,1-2H3,(H,12,13,15). The molecule has 0 amide bonds. The Hall–Kier alpha value is -1.27. The van der Waals surface area contributed by atoms with Gasteiger partial charge in [0.25, 0.3) is 0 Å². The molecule has 2 rings (SSSR count). The molecule has 0 aliphatic rings. The van der Waals surface area contributed by atoms with Gasteiger partial charge in [0.1, 0.15) is 6.33 Å². The highest BCUT2D eigenvalue weighted by Crippen LogP contribution is 2.19. The van der Waals surface area contributed by atoms with Crippen LogP contribution in [0.25, 0.3) is 10.8 Å². The molecule has 0 atom stereocenters. The van der Waals surface area contributed by atoms with Gasteiger partial charge in [-0.05, 0) is 12.5 Å². The molecule has 0 unspecified atom stereocenters. The Bertz CT molecular complexity index is 420. The molecule has 0 fully saturated rings. The maximum Gasteiger partial charge on any atom is 0.184 e. The fraction of sp³-hybridized carbons (Fsp3) is 0.500. The van der Waals surface area contributed by atoms with E-state index in [1.54, 1.807) is 11.3 Å². The fourth-order valence-corrected chi connectivity index (χ4v) is 2.06. The molecule has 5 nitrogen and oxygen atoms in total. The van der Waals surface area contributed by atoms with Crippen molar-refractivity contribution in [2.24, 2.45) is 5.92 Å². The third-order valence-electron chi connectivity index (χ3n) is 2.03. The van der Waals surface area contributed by atoms with Gasteiger partial charge in [-0.25, -0.2) is 9.97 Å². The van der Waals surface area contributed by atoms with E-state index in [4.69, 9.17) is 0 Å². The van der Waals surface area contributed by atoms with Crippen LogP contribution in [-0.4, -0.2) is 26.7 Å². The zero-order valence-electron chi connectivity index (χ0n) is 9.40. The predicted octanol–water partition coefficient (Wildman–Crippen LogP) is 1.67. The average molecular weight is 237 g/mol. The lowest BCUT2D eigenvalue weighted by Crippen LogP contribution is -2.19. The van der Waals surface area contributed by atoms with E-state index in [-0.39, 0.29) is 0 Å². The summed E-state index contributed by atoms with van der Waals surface area (Å²) in [6.07, 6.45) is 1.49. The van der Waals surface area contributed by atoms with Gasteiger partial charge < -0.3 is 5.32 Å². The molecule has 0 bridgehead atoms. The Kier molecular flexibility index (Phi) is 3.63. The molecule has 16 heavy (non-hydrogen) atoms. The van der Waals surface area contributed by atoms with Crippen LogP contribution in [0.1, 0.15) is 19.5 Å². The SMILES string of the molecule is CC(C)CNCc1csc(-c2ncn[nH]2)n1.